The van der Waals surface area contributed by atoms with Gasteiger partial charge in [-0.1, -0.05) is 43.4 Å². The molecule has 5 heteroatoms. The van der Waals surface area contributed by atoms with Crippen LogP contribution in [0, 0.1) is 18.8 Å². The SMILES string of the molecule is Cc1ccc(S(=O)(=O)N/N=C2/C[C@H]3CCCCCC[C@H]23)cc1. The normalized spacial score (nSPS) is 27.4. The zero-order valence-electron chi connectivity index (χ0n) is 13.1. The first-order valence-electron chi connectivity index (χ1n) is 8.21. The molecule has 0 aromatic heterocycles. The lowest BCUT2D eigenvalue weighted by molar-refractivity contribution is 0.278. The number of hydrogen-bond donors (Lipinski definition) is 1. The molecule has 0 saturated heterocycles. The van der Waals surface area contributed by atoms with Crippen LogP contribution < -0.4 is 4.83 Å². The number of sulfonamides is 1. The highest BCUT2D eigenvalue weighted by atomic mass is 32.2. The summed E-state index contributed by atoms with van der Waals surface area (Å²) >= 11 is 0. The minimum absolute atomic E-state index is 0.274. The molecule has 0 radical (unpaired) electrons. The summed E-state index contributed by atoms with van der Waals surface area (Å²) in [7, 11) is -3.54. The van der Waals surface area contributed by atoms with E-state index in [1.165, 1.54) is 32.1 Å². The van der Waals surface area contributed by atoms with Crippen molar-refractivity contribution in [1.29, 1.82) is 0 Å². The molecule has 1 aromatic carbocycles. The Bertz CT molecular complexity index is 650. The molecule has 0 aliphatic heterocycles. The standard InChI is InChI=1S/C17H24N2O2S/c1-13-8-10-15(11-9-13)22(20,21)19-18-17-12-14-6-4-2-3-5-7-16(14)17/h8-11,14,16,19H,2-7,12H2,1H3/b18-17-/t14-,16+/m1/s1. The van der Waals surface area contributed by atoms with Crippen LogP contribution in [0.2, 0.25) is 0 Å². The number of aryl methyl sites for hydroxylation is 1. The molecule has 1 N–H and O–H groups in total. The first-order chi connectivity index (χ1) is 10.6. The van der Waals surface area contributed by atoms with Gasteiger partial charge in [0.15, 0.2) is 0 Å². The van der Waals surface area contributed by atoms with E-state index in [1.54, 1.807) is 24.3 Å². The van der Waals surface area contributed by atoms with Crippen molar-refractivity contribution in [3.05, 3.63) is 29.8 Å². The maximum absolute atomic E-state index is 12.3. The number of benzene rings is 1. The predicted octanol–water partition coefficient (Wildman–Crippen LogP) is 3.62. The second-order valence-electron chi connectivity index (χ2n) is 6.57. The summed E-state index contributed by atoms with van der Waals surface area (Å²) in [6.45, 7) is 1.94. The number of rotatable bonds is 3. The molecule has 0 spiro atoms. The summed E-state index contributed by atoms with van der Waals surface area (Å²) in [4.78, 5) is 2.70. The number of nitrogens with zero attached hydrogens (tertiary/aromatic N) is 1. The van der Waals surface area contributed by atoms with Crippen LogP contribution in [-0.4, -0.2) is 14.1 Å². The van der Waals surface area contributed by atoms with Crippen LogP contribution in [-0.2, 0) is 10.0 Å². The molecule has 2 fully saturated rings. The van der Waals surface area contributed by atoms with Crippen LogP contribution in [0.4, 0.5) is 0 Å². The molecule has 0 unspecified atom stereocenters. The van der Waals surface area contributed by atoms with Gasteiger partial charge in [0.25, 0.3) is 10.0 Å². The molecule has 0 heterocycles. The third-order valence-electron chi connectivity index (χ3n) is 4.95. The molecular formula is C17H24N2O2S. The van der Waals surface area contributed by atoms with Gasteiger partial charge in [0.1, 0.15) is 0 Å². The monoisotopic (exact) mass is 320 g/mol. The van der Waals surface area contributed by atoms with Gasteiger partial charge in [0.05, 0.1) is 4.90 Å². The summed E-state index contributed by atoms with van der Waals surface area (Å²) in [5, 5.41) is 4.24. The fourth-order valence-electron chi connectivity index (χ4n) is 3.52. The van der Waals surface area contributed by atoms with Gasteiger partial charge < -0.3 is 0 Å². The molecular weight excluding hydrogens is 296 g/mol. The fraction of sp³-hybridized carbons (Fsp3) is 0.588. The Morgan fingerprint density at radius 2 is 1.73 bits per heavy atom. The van der Waals surface area contributed by atoms with Gasteiger partial charge >= 0.3 is 0 Å². The van der Waals surface area contributed by atoms with Crippen LogP contribution >= 0.6 is 0 Å². The fourth-order valence-corrected chi connectivity index (χ4v) is 4.36. The Hall–Kier alpha value is -1.36. The van der Waals surface area contributed by atoms with Crippen molar-refractivity contribution < 1.29 is 8.42 Å². The molecule has 4 nitrogen and oxygen atoms in total. The Labute approximate surface area is 133 Å². The zero-order chi connectivity index (χ0) is 15.6. The van der Waals surface area contributed by atoms with Crippen molar-refractivity contribution >= 4 is 15.7 Å². The van der Waals surface area contributed by atoms with Gasteiger partial charge in [-0.25, -0.2) is 4.83 Å². The lowest BCUT2D eigenvalue weighted by Gasteiger charge is -2.39. The average Bonchev–Trinajstić information content (AvgIpc) is 2.46. The summed E-state index contributed by atoms with van der Waals surface area (Å²) in [5.41, 5.74) is 2.09. The average molecular weight is 320 g/mol. The van der Waals surface area contributed by atoms with Gasteiger partial charge in [-0.3, -0.25) is 0 Å². The first-order valence-corrected chi connectivity index (χ1v) is 9.69. The van der Waals surface area contributed by atoms with E-state index in [-0.39, 0.29) is 4.90 Å². The highest BCUT2D eigenvalue weighted by molar-refractivity contribution is 7.89. The minimum Gasteiger partial charge on any atom is -0.200 e. The molecule has 120 valence electrons. The van der Waals surface area contributed by atoms with Crippen LogP contribution in [0.15, 0.2) is 34.3 Å². The van der Waals surface area contributed by atoms with E-state index in [0.717, 1.165) is 30.0 Å². The van der Waals surface area contributed by atoms with E-state index in [0.29, 0.717) is 5.92 Å². The van der Waals surface area contributed by atoms with Crippen molar-refractivity contribution in [2.75, 3.05) is 0 Å². The zero-order valence-corrected chi connectivity index (χ0v) is 13.9. The van der Waals surface area contributed by atoms with Crippen LogP contribution in [0.25, 0.3) is 0 Å². The number of fused-ring (bicyclic) bond motifs is 1. The molecule has 2 atom stereocenters. The van der Waals surface area contributed by atoms with Gasteiger partial charge in [-0.05, 0) is 44.2 Å². The molecule has 3 rings (SSSR count). The number of hydrogen-bond acceptors (Lipinski definition) is 3. The van der Waals surface area contributed by atoms with Crippen molar-refractivity contribution in [3.63, 3.8) is 0 Å². The second-order valence-corrected chi connectivity index (χ2v) is 8.23. The van der Waals surface area contributed by atoms with Crippen LogP contribution in [0.3, 0.4) is 0 Å². The van der Waals surface area contributed by atoms with E-state index in [9.17, 15) is 8.42 Å². The van der Waals surface area contributed by atoms with Crippen LogP contribution in [0.5, 0.6) is 0 Å². The lowest BCUT2D eigenvalue weighted by Crippen LogP contribution is -2.39. The number of hydrazone groups is 1. The molecule has 2 saturated carbocycles. The van der Waals surface area contributed by atoms with Gasteiger partial charge in [-0.15, -0.1) is 0 Å². The third-order valence-corrected chi connectivity index (χ3v) is 6.17. The van der Waals surface area contributed by atoms with Crippen molar-refractivity contribution in [1.82, 2.24) is 4.83 Å². The maximum atomic E-state index is 12.3. The van der Waals surface area contributed by atoms with Gasteiger partial charge in [0, 0.05) is 11.6 Å². The van der Waals surface area contributed by atoms with Gasteiger partial charge in [0.2, 0.25) is 0 Å². The largest absolute Gasteiger partial charge is 0.276 e. The van der Waals surface area contributed by atoms with Crippen molar-refractivity contribution in [2.24, 2.45) is 16.9 Å². The Balaban J connectivity index is 1.67. The van der Waals surface area contributed by atoms with E-state index < -0.39 is 10.0 Å². The Morgan fingerprint density at radius 1 is 1.05 bits per heavy atom. The highest BCUT2D eigenvalue weighted by Crippen LogP contribution is 2.40. The summed E-state index contributed by atoms with van der Waals surface area (Å²) in [5.74, 6) is 1.23. The highest BCUT2D eigenvalue weighted by Gasteiger charge is 2.37. The summed E-state index contributed by atoms with van der Waals surface area (Å²) in [6.07, 6.45) is 8.58. The minimum atomic E-state index is -3.54. The Kier molecular flexibility index (Phi) is 4.52. The lowest BCUT2D eigenvalue weighted by atomic mass is 9.66. The summed E-state index contributed by atoms with van der Waals surface area (Å²) < 4.78 is 24.5. The molecule has 0 bridgehead atoms. The second kappa shape index (κ2) is 6.41. The molecule has 0 amide bonds. The van der Waals surface area contributed by atoms with Crippen molar-refractivity contribution in [3.8, 4) is 0 Å². The van der Waals surface area contributed by atoms with Crippen molar-refractivity contribution in [2.45, 2.75) is 56.8 Å². The van der Waals surface area contributed by atoms with E-state index >= 15 is 0 Å². The molecule has 2 aliphatic carbocycles. The number of nitrogens with one attached hydrogen (secondary N) is 1. The van der Waals surface area contributed by atoms with Crippen LogP contribution in [0.1, 0.15) is 50.5 Å². The van der Waals surface area contributed by atoms with E-state index in [2.05, 4.69) is 9.93 Å². The summed E-state index contributed by atoms with van der Waals surface area (Å²) in [6, 6.07) is 6.85. The maximum Gasteiger partial charge on any atom is 0.276 e. The first kappa shape index (κ1) is 15.5. The van der Waals surface area contributed by atoms with E-state index in [1.807, 2.05) is 6.92 Å². The quantitative estimate of drug-likeness (QED) is 0.865. The predicted molar refractivity (Wildman–Crippen MR) is 88.2 cm³/mol. The smallest absolute Gasteiger partial charge is 0.200 e. The van der Waals surface area contributed by atoms with Gasteiger partial charge in [-0.2, -0.15) is 13.5 Å². The van der Waals surface area contributed by atoms with E-state index in [4.69, 9.17) is 0 Å². The molecule has 1 aromatic rings. The third kappa shape index (κ3) is 3.35. The molecule has 2 aliphatic rings. The topological polar surface area (TPSA) is 58.5 Å². The Morgan fingerprint density at radius 3 is 2.45 bits per heavy atom. The molecule has 22 heavy (non-hydrogen) atoms.